The fourth-order valence-corrected chi connectivity index (χ4v) is 5.90. The third-order valence-electron chi connectivity index (χ3n) is 6.64. The largest absolute Gasteiger partial charge is 0.494 e. The van der Waals surface area contributed by atoms with Crippen molar-refractivity contribution in [2.24, 2.45) is 10.8 Å². The average molecular weight is 383 g/mol. The van der Waals surface area contributed by atoms with Crippen LogP contribution in [0.1, 0.15) is 64.6 Å². The van der Waals surface area contributed by atoms with Crippen LogP contribution >= 0.6 is 0 Å². The zero-order valence-corrected chi connectivity index (χ0v) is 18.0. The van der Waals surface area contributed by atoms with Gasteiger partial charge in [-0.3, -0.25) is 9.69 Å². The maximum Gasteiger partial charge on any atom is 0.194 e. The summed E-state index contributed by atoms with van der Waals surface area (Å²) in [6, 6.07) is 6.40. The van der Waals surface area contributed by atoms with E-state index in [0.29, 0.717) is 23.5 Å². The number of hydrogen-bond acceptors (Lipinski definition) is 3. The summed E-state index contributed by atoms with van der Waals surface area (Å²) in [5.74, 6) is 0.779. The molecule has 1 aliphatic carbocycles. The van der Waals surface area contributed by atoms with Crippen LogP contribution in [0.2, 0.25) is 0 Å². The molecule has 1 aliphatic heterocycles. The first-order chi connectivity index (χ1) is 13.2. The number of hydrogen-bond donors (Lipinski definition) is 1. The molecule has 0 amide bonds. The van der Waals surface area contributed by atoms with Crippen molar-refractivity contribution in [1.29, 1.82) is 0 Å². The lowest BCUT2D eigenvalue weighted by Gasteiger charge is -2.40. The molecule has 2 fully saturated rings. The standard InChI is InChI=1S/C24H34N2O2/c1-6-9-28-18-7-8-21-19(10-18)22(27)20(16(2)25-21)13-26-15-24(5)12-17(26)11-23(3,4)14-24/h7-8,10,17H,6,9,11-15H2,1-5H3,(H,25,27)/t17-,24-/m0/s1. The topological polar surface area (TPSA) is 45.3 Å². The van der Waals surface area contributed by atoms with Gasteiger partial charge in [-0.05, 0) is 61.6 Å². The van der Waals surface area contributed by atoms with Crippen LogP contribution in [0.25, 0.3) is 10.9 Å². The molecule has 152 valence electrons. The molecule has 0 spiro atoms. The summed E-state index contributed by atoms with van der Waals surface area (Å²) in [5.41, 5.74) is 3.72. The lowest BCUT2D eigenvalue weighted by Crippen LogP contribution is -2.35. The van der Waals surface area contributed by atoms with Gasteiger partial charge in [0.2, 0.25) is 0 Å². The monoisotopic (exact) mass is 382 g/mol. The van der Waals surface area contributed by atoms with E-state index in [2.05, 4.69) is 37.6 Å². The van der Waals surface area contributed by atoms with Gasteiger partial charge >= 0.3 is 0 Å². The van der Waals surface area contributed by atoms with Crippen LogP contribution in [-0.4, -0.2) is 29.1 Å². The molecule has 4 nitrogen and oxygen atoms in total. The van der Waals surface area contributed by atoms with Gasteiger partial charge in [0.15, 0.2) is 5.43 Å². The molecule has 4 rings (SSSR count). The highest BCUT2D eigenvalue weighted by Gasteiger charge is 2.49. The van der Waals surface area contributed by atoms with E-state index in [1.54, 1.807) is 0 Å². The molecule has 2 atom stereocenters. The van der Waals surface area contributed by atoms with Crippen LogP contribution in [-0.2, 0) is 6.54 Å². The lowest BCUT2D eigenvalue weighted by atomic mass is 9.65. The molecule has 1 saturated carbocycles. The summed E-state index contributed by atoms with van der Waals surface area (Å²) in [6.07, 6.45) is 4.72. The Balaban J connectivity index is 1.66. The Morgan fingerprint density at radius 2 is 2.04 bits per heavy atom. The second-order valence-corrected chi connectivity index (χ2v) is 10.2. The number of benzene rings is 1. The van der Waals surface area contributed by atoms with Gasteiger partial charge in [-0.15, -0.1) is 0 Å². The molecule has 1 aromatic carbocycles. The van der Waals surface area contributed by atoms with Gasteiger partial charge in [-0.2, -0.15) is 0 Å². The highest BCUT2D eigenvalue weighted by atomic mass is 16.5. The Hall–Kier alpha value is -1.81. The number of pyridine rings is 1. The maximum atomic E-state index is 13.4. The van der Waals surface area contributed by atoms with E-state index < -0.39 is 0 Å². The molecular formula is C24H34N2O2. The van der Waals surface area contributed by atoms with Crippen molar-refractivity contribution >= 4 is 10.9 Å². The molecular weight excluding hydrogens is 348 g/mol. The summed E-state index contributed by atoms with van der Waals surface area (Å²) in [5, 5.41) is 0.739. The second kappa shape index (κ2) is 6.91. The minimum atomic E-state index is 0.152. The molecule has 28 heavy (non-hydrogen) atoms. The molecule has 2 aliphatic rings. The first-order valence-corrected chi connectivity index (χ1v) is 10.7. The highest BCUT2D eigenvalue weighted by Crippen LogP contribution is 2.52. The van der Waals surface area contributed by atoms with Crippen molar-refractivity contribution in [2.45, 2.75) is 72.9 Å². The number of fused-ring (bicyclic) bond motifs is 3. The van der Waals surface area contributed by atoms with E-state index in [9.17, 15) is 4.79 Å². The zero-order valence-electron chi connectivity index (χ0n) is 18.0. The van der Waals surface area contributed by atoms with Crippen molar-refractivity contribution in [2.75, 3.05) is 13.2 Å². The number of aryl methyl sites for hydroxylation is 1. The Labute approximate surface area is 168 Å². The van der Waals surface area contributed by atoms with Gasteiger partial charge in [-0.25, -0.2) is 0 Å². The summed E-state index contributed by atoms with van der Waals surface area (Å²) < 4.78 is 5.75. The van der Waals surface area contributed by atoms with Crippen molar-refractivity contribution in [3.8, 4) is 5.75 Å². The first kappa shape index (κ1) is 19.5. The Morgan fingerprint density at radius 1 is 1.25 bits per heavy atom. The van der Waals surface area contributed by atoms with Crippen molar-refractivity contribution in [3.63, 3.8) is 0 Å². The van der Waals surface area contributed by atoms with E-state index in [4.69, 9.17) is 4.74 Å². The van der Waals surface area contributed by atoms with Crippen LogP contribution < -0.4 is 10.2 Å². The zero-order chi connectivity index (χ0) is 20.1. The second-order valence-electron chi connectivity index (χ2n) is 10.2. The Bertz CT molecular complexity index is 946. The fraction of sp³-hybridized carbons (Fsp3) is 0.625. The van der Waals surface area contributed by atoms with Gasteiger partial charge in [0.05, 0.1) is 6.61 Å². The minimum Gasteiger partial charge on any atom is -0.494 e. The summed E-state index contributed by atoms with van der Waals surface area (Å²) in [6.45, 7) is 13.8. The molecule has 0 unspecified atom stereocenters. The van der Waals surface area contributed by atoms with Gasteiger partial charge in [0.25, 0.3) is 0 Å². The molecule has 1 aromatic heterocycles. The third kappa shape index (κ3) is 3.59. The summed E-state index contributed by atoms with van der Waals surface area (Å²) >= 11 is 0. The quantitative estimate of drug-likeness (QED) is 0.789. The van der Waals surface area contributed by atoms with E-state index >= 15 is 0 Å². The highest BCUT2D eigenvalue weighted by molar-refractivity contribution is 5.81. The van der Waals surface area contributed by atoms with Gasteiger partial charge in [0.1, 0.15) is 5.75 Å². The van der Waals surface area contributed by atoms with Crippen molar-refractivity contribution in [1.82, 2.24) is 9.88 Å². The summed E-state index contributed by atoms with van der Waals surface area (Å²) in [7, 11) is 0. The number of aromatic amines is 1. The SMILES string of the molecule is CCCOc1ccc2[nH]c(C)c(CN3C[C@@]4(C)C[C@@H]3CC(C)(C)C4)c(=O)c2c1. The van der Waals surface area contributed by atoms with Crippen LogP contribution in [0.5, 0.6) is 5.75 Å². The summed E-state index contributed by atoms with van der Waals surface area (Å²) in [4.78, 5) is 19.4. The van der Waals surface area contributed by atoms with Crippen LogP contribution in [0.15, 0.2) is 23.0 Å². The van der Waals surface area contributed by atoms with Crippen LogP contribution in [0.3, 0.4) is 0 Å². The molecule has 2 bridgehead atoms. The molecule has 1 N–H and O–H groups in total. The van der Waals surface area contributed by atoms with Gasteiger partial charge < -0.3 is 9.72 Å². The predicted molar refractivity (Wildman–Crippen MR) is 115 cm³/mol. The molecule has 1 saturated heterocycles. The molecule has 4 heteroatoms. The smallest absolute Gasteiger partial charge is 0.194 e. The Morgan fingerprint density at radius 3 is 2.79 bits per heavy atom. The minimum absolute atomic E-state index is 0.152. The van der Waals surface area contributed by atoms with E-state index in [1.165, 1.54) is 19.3 Å². The van der Waals surface area contributed by atoms with Crippen molar-refractivity contribution < 1.29 is 4.74 Å². The maximum absolute atomic E-state index is 13.4. The van der Waals surface area contributed by atoms with E-state index in [1.807, 2.05) is 25.1 Å². The van der Waals surface area contributed by atoms with E-state index in [0.717, 1.165) is 47.4 Å². The predicted octanol–water partition coefficient (Wildman–Crippen LogP) is 5.03. The van der Waals surface area contributed by atoms with Crippen LogP contribution in [0, 0.1) is 17.8 Å². The van der Waals surface area contributed by atoms with Gasteiger partial charge in [-0.1, -0.05) is 27.7 Å². The number of ether oxygens (including phenoxy) is 1. The number of aromatic nitrogens is 1. The first-order valence-electron chi connectivity index (χ1n) is 10.7. The number of likely N-dealkylation sites (tertiary alicyclic amines) is 1. The number of nitrogens with one attached hydrogen (secondary N) is 1. The lowest BCUT2D eigenvalue weighted by molar-refractivity contribution is 0.126. The number of nitrogens with zero attached hydrogens (tertiary/aromatic N) is 1. The fourth-order valence-electron chi connectivity index (χ4n) is 5.90. The van der Waals surface area contributed by atoms with Gasteiger partial charge in [0, 0.05) is 41.3 Å². The van der Waals surface area contributed by atoms with E-state index in [-0.39, 0.29) is 5.43 Å². The number of rotatable bonds is 5. The Kier molecular flexibility index (Phi) is 4.81. The van der Waals surface area contributed by atoms with Crippen LogP contribution in [0.4, 0.5) is 0 Å². The van der Waals surface area contributed by atoms with Crippen molar-refractivity contribution in [3.05, 3.63) is 39.7 Å². The molecule has 0 radical (unpaired) electrons. The molecule has 2 heterocycles. The number of H-pyrrole nitrogens is 1. The normalized spacial score (nSPS) is 26.7. The molecule has 2 aromatic rings. The third-order valence-corrected chi connectivity index (χ3v) is 6.64. The average Bonchev–Trinajstić information content (AvgIpc) is 2.85.